The maximum Gasteiger partial charge on any atom is 0.320 e. The van der Waals surface area contributed by atoms with Crippen molar-refractivity contribution in [1.29, 1.82) is 0 Å². The third kappa shape index (κ3) is 6.37. The lowest BCUT2D eigenvalue weighted by Gasteiger charge is -2.06. The fourth-order valence-corrected chi connectivity index (χ4v) is 1.41. The van der Waals surface area contributed by atoms with E-state index in [2.05, 4.69) is 15.3 Å². The van der Waals surface area contributed by atoms with E-state index in [0.717, 1.165) is 5.69 Å². The van der Waals surface area contributed by atoms with Crippen molar-refractivity contribution in [3.8, 4) is 0 Å². The monoisotopic (exact) mass is 266 g/mol. The molecule has 7 nitrogen and oxygen atoms in total. The lowest BCUT2D eigenvalue weighted by Crippen LogP contribution is -2.30. The van der Waals surface area contributed by atoms with Crippen molar-refractivity contribution in [3.05, 3.63) is 24.3 Å². The van der Waals surface area contributed by atoms with E-state index in [-0.39, 0.29) is 5.91 Å². The molecule has 0 aliphatic carbocycles. The van der Waals surface area contributed by atoms with E-state index in [4.69, 9.17) is 10.8 Å². The fourth-order valence-electron chi connectivity index (χ4n) is 1.41. The standard InChI is InChI=1S/C12H18N4O3/c13-10(12(18)19)3-1-2-6-15-11(17)5-4-9-7-14-8-16-9/h4-5,7-8,10H,1-3,6,13H2,(H,14,16)(H,15,17)(H,18,19)/b5-4+. The van der Waals surface area contributed by atoms with Gasteiger partial charge >= 0.3 is 5.97 Å². The highest BCUT2D eigenvalue weighted by atomic mass is 16.4. The number of amides is 1. The van der Waals surface area contributed by atoms with Crippen molar-refractivity contribution in [2.45, 2.75) is 25.3 Å². The highest BCUT2D eigenvalue weighted by Gasteiger charge is 2.09. The van der Waals surface area contributed by atoms with E-state index >= 15 is 0 Å². The minimum atomic E-state index is -0.994. The Labute approximate surface area is 110 Å². The Bertz CT molecular complexity index is 428. The third-order valence-corrected chi connectivity index (χ3v) is 2.49. The van der Waals surface area contributed by atoms with Crippen LogP contribution >= 0.6 is 0 Å². The molecule has 0 saturated heterocycles. The highest BCUT2D eigenvalue weighted by molar-refractivity contribution is 5.91. The highest BCUT2D eigenvalue weighted by Crippen LogP contribution is 1.98. The van der Waals surface area contributed by atoms with Gasteiger partial charge in [-0.15, -0.1) is 0 Å². The van der Waals surface area contributed by atoms with Crippen LogP contribution in [0.4, 0.5) is 0 Å². The Morgan fingerprint density at radius 1 is 1.53 bits per heavy atom. The molecule has 1 atom stereocenters. The van der Waals surface area contributed by atoms with Crippen molar-refractivity contribution in [2.24, 2.45) is 5.73 Å². The SMILES string of the molecule is NC(CCCCNC(=O)/C=C/c1cnc[nH]1)C(=O)O. The molecule has 1 heterocycles. The number of aromatic amines is 1. The molecule has 1 rings (SSSR count). The van der Waals surface area contributed by atoms with E-state index < -0.39 is 12.0 Å². The first-order valence-electron chi connectivity index (χ1n) is 6.02. The summed E-state index contributed by atoms with van der Waals surface area (Å²) in [6, 6.07) is -0.823. The summed E-state index contributed by atoms with van der Waals surface area (Å²) in [5.74, 6) is -1.19. The number of carbonyl (C=O) groups excluding carboxylic acids is 1. The average molecular weight is 266 g/mol. The molecule has 0 radical (unpaired) electrons. The minimum Gasteiger partial charge on any atom is -0.480 e. The zero-order valence-electron chi connectivity index (χ0n) is 10.5. The summed E-state index contributed by atoms with van der Waals surface area (Å²) in [5, 5.41) is 11.3. The van der Waals surface area contributed by atoms with Crippen LogP contribution in [0, 0.1) is 0 Å². The summed E-state index contributed by atoms with van der Waals surface area (Å²) < 4.78 is 0. The van der Waals surface area contributed by atoms with Crippen LogP contribution in [0.2, 0.25) is 0 Å². The molecule has 19 heavy (non-hydrogen) atoms. The summed E-state index contributed by atoms with van der Waals surface area (Å²) >= 11 is 0. The summed E-state index contributed by atoms with van der Waals surface area (Å²) in [5.41, 5.74) is 6.11. The van der Waals surface area contributed by atoms with Crippen molar-refractivity contribution < 1.29 is 14.7 Å². The van der Waals surface area contributed by atoms with E-state index in [9.17, 15) is 9.59 Å². The molecule has 1 aromatic heterocycles. The summed E-state index contributed by atoms with van der Waals surface area (Å²) in [6.07, 6.45) is 7.96. The van der Waals surface area contributed by atoms with Crippen molar-refractivity contribution in [3.63, 3.8) is 0 Å². The lowest BCUT2D eigenvalue weighted by atomic mass is 10.1. The Hall–Kier alpha value is -2.15. The predicted octanol–water partition coefficient (Wildman–Crippen LogP) is 0.121. The number of unbranched alkanes of at least 4 members (excludes halogenated alkanes) is 1. The predicted molar refractivity (Wildman–Crippen MR) is 70.1 cm³/mol. The first-order chi connectivity index (χ1) is 9.09. The maximum absolute atomic E-state index is 11.4. The molecular weight excluding hydrogens is 248 g/mol. The summed E-state index contributed by atoms with van der Waals surface area (Å²) in [6.45, 7) is 0.499. The fraction of sp³-hybridized carbons (Fsp3) is 0.417. The quantitative estimate of drug-likeness (QED) is 0.393. The number of H-pyrrole nitrogens is 1. The maximum atomic E-state index is 11.4. The first-order valence-corrected chi connectivity index (χ1v) is 6.02. The van der Waals surface area contributed by atoms with Crippen LogP contribution in [0.15, 0.2) is 18.6 Å². The molecule has 0 aliphatic rings. The normalized spacial score (nSPS) is 12.5. The van der Waals surface area contributed by atoms with Crippen molar-refractivity contribution >= 4 is 18.0 Å². The Kier molecular flexibility index (Phi) is 6.31. The lowest BCUT2D eigenvalue weighted by molar-refractivity contribution is -0.138. The Balaban J connectivity index is 2.09. The van der Waals surface area contributed by atoms with E-state index in [1.54, 1.807) is 12.3 Å². The van der Waals surface area contributed by atoms with Crippen molar-refractivity contribution in [1.82, 2.24) is 15.3 Å². The third-order valence-electron chi connectivity index (χ3n) is 2.49. The zero-order valence-corrected chi connectivity index (χ0v) is 10.5. The van der Waals surface area contributed by atoms with E-state index in [0.29, 0.717) is 25.8 Å². The van der Waals surface area contributed by atoms with Crippen molar-refractivity contribution in [2.75, 3.05) is 6.54 Å². The van der Waals surface area contributed by atoms with E-state index in [1.807, 2.05) is 0 Å². The number of aliphatic carboxylic acids is 1. The van der Waals surface area contributed by atoms with Gasteiger partial charge in [-0.2, -0.15) is 0 Å². The van der Waals surface area contributed by atoms with E-state index in [1.165, 1.54) is 12.4 Å². The molecule has 5 N–H and O–H groups in total. The molecule has 104 valence electrons. The van der Waals surface area contributed by atoms with Gasteiger partial charge in [-0.05, 0) is 25.3 Å². The van der Waals surface area contributed by atoms with Gasteiger partial charge in [-0.1, -0.05) is 0 Å². The number of hydrogen-bond acceptors (Lipinski definition) is 4. The number of aromatic nitrogens is 2. The number of carboxylic acid groups (broad SMARTS) is 1. The van der Waals surface area contributed by atoms with Crippen LogP contribution in [0.3, 0.4) is 0 Å². The van der Waals surface area contributed by atoms with Gasteiger partial charge in [0.15, 0.2) is 0 Å². The Morgan fingerprint density at radius 3 is 2.95 bits per heavy atom. The van der Waals surface area contributed by atoms with Crippen LogP contribution in [0.25, 0.3) is 6.08 Å². The molecule has 0 spiro atoms. The second kappa shape index (κ2) is 8.04. The molecule has 0 bridgehead atoms. The van der Waals surface area contributed by atoms with Gasteiger partial charge in [-0.3, -0.25) is 9.59 Å². The molecule has 7 heteroatoms. The Morgan fingerprint density at radius 2 is 2.32 bits per heavy atom. The van der Waals surface area contributed by atoms with Gasteiger partial charge in [0, 0.05) is 12.6 Å². The number of nitrogens with two attached hydrogens (primary N) is 1. The van der Waals surface area contributed by atoms with Gasteiger partial charge < -0.3 is 21.1 Å². The number of rotatable bonds is 8. The van der Waals surface area contributed by atoms with Crippen LogP contribution in [-0.2, 0) is 9.59 Å². The molecule has 1 aromatic rings. The van der Waals surface area contributed by atoms with Gasteiger partial charge in [0.1, 0.15) is 6.04 Å². The molecule has 1 unspecified atom stereocenters. The largest absolute Gasteiger partial charge is 0.480 e. The van der Waals surface area contributed by atoms with Crippen LogP contribution in [0.5, 0.6) is 0 Å². The summed E-state index contributed by atoms with van der Waals surface area (Å²) in [7, 11) is 0. The number of carbonyl (C=O) groups is 2. The zero-order chi connectivity index (χ0) is 14.1. The van der Waals surface area contributed by atoms with Gasteiger partial charge in [-0.25, -0.2) is 4.98 Å². The molecule has 0 aromatic carbocycles. The molecule has 0 fully saturated rings. The number of carboxylic acids is 1. The topological polar surface area (TPSA) is 121 Å². The van der Waals surface area contributed by atoms with Crippen LogP contribution in [-0.4, -0.2) is 39.5 Å². The van der Waals surface area contributed by atoms with Gasteiger partial charge in [0.25, 0.3) is 0 Å². The van der Waals surface area contributed by atoms with Gasteiger partial charge in [0.05, 0.1) is 18.2 Å². The summed E-state index contributed by atoms with van der Waals surface area (Å²) in [4.78, 5) is 28.5. The molecule has 0 aliphatic heterocycles. The average Bonchev–Trinajstić information content (AvgIpc) is 2.88. The first kappa shape index (κ1) is 14.9. The molecule has 0 saturated carbocycles. The number of nitrogens with one attached hydrogen (secondary N) is 2. The molecular formula is C12H18N4O3. The second-order valence-corrected chi connectivity index (χ2v) is 4.07. The smallest absolute Gasteiger partial charge is 0.320 e. The minimum absolute atomic E-state index is 0.197. The number of nitrogens with zero attached hydrogens (tertiary/aromatic N) is 1. The van der Waals surface area contributed by atoms with Crippen LogP contribution in [0.1, 0.15) is 25.0 Å². The van der Waals surface area contributed by atoms with Gasteiger partial charge in [0.2, 0.25) is 5.91 Å². The number of imidazole rings is 1. The molecule has 1 amide bonds. The van der Waals surface area contributed by atoms with Crippen LogP contribution < -0.4 is 11.1 Å². The number of hydrogen-bond donors (Lipinski definition) is 4. The second-order valence-electron chi connectivity index (χ2n) is 4.07.